The first kappa shape index (κ1) is 13.3. The number of anilines is 1. The van der Waals surface area contributed by atoms with Crippen molar-refractivity contribution < 1.29 is 9.90 Å². The van der Waals surface area contributed by atoms with Crippen LogP contribution in [0.5, 0.6) is 0 Å². The predicted molar refractivity (Wildman–Crippen MR) is 68.3 cm³/mol. The van der Waals surface area contributed by atoms with Crippen LogP contribution in [0.1, 0.15) is 18.9 Å². The highest BCUT2D eigenvalue weighted by molar-refractivity contribution is 5.89. The summed E-state index contributed by atoms with van der Waals surface area (Å²) >= 11 is 0. The second-order valence-electron chi connectivity index (χ2n) is 3.58. The van der Waals surface area contributed by atoms with Crippen molar-refractivity contribution in [2.45, 2.75) is 13.3 Å². The molecule has 0 saturated carbocycles. The summed E-state index contributed by atoms with van der Waals surface area (Å²) in [4.78, 5) is 11.4. The molecule has 4 heteroatoms. The van der Waals surface area contributed by atoms with Crippen molar-refractivity contribution in [1.29, 1.82) is 0 Å². The fourth-order valence-electron chi connectivity index (χ4n) is 1.32. The second-order valence-corrected chi connectivity index (χ2v) is 3.58. The molecule has 0 fully saturated rings. The molecule has 0 heterocycles. The summed E-state index contributed by atoms with van der Waals surface area (Å²) < 4.78 is 0. The van der Waals surface area contributed by atoms with Gasteiger partial charge in [-0.25, -0.2) is 9.90 Å². The normalized spacial score (nSPS) is 10.5. The van der Waals surface area contributed by atoms with Crippen molar-refractivity contribution in [1.82, 2.24) is 5.32 Å². The van der Waals surface area contributed by atoms with Crippen LogP contribution in [-0.2, 0) is 5.11 Å². The van der Waals surface area contributed by atoms with Crippen LogP contribution in [0.15, 0.2) is 30.3 Å². The molecule has 0 unspecified atom stereocenters. The molecular formula is C13H17N2O2. The third-order valence-corrected chi connectivity index (χ3v) is 2.09. The van der Waals surface area contributed by atoms with Gasteiger partial charge in [-0.3, -0.25) is 0 Å². The van der Waals surface area contributed by atoms with Crippen LogP contribution in [-0.4, -0.2) is 19.2 Å². The Morgan fingerprint density at radius 3 is 2.94 bits per heavy atom. The lowest BCUT2D eigenvalue weighted by atomic mass is 10.2. The van der Waals surface area contributed by atoms with Gasteiger partial charge in [-0.05, 0) is 24.1 Å². The zero-order valence-corrected chi connectivity index (χ0v) is 9.90. The molecule has 0 bridgehead atoms. The molecule has 2 N–H and O–H groups in total. The lowest BCUT2D eigenvalue weighted by Crippen LogP contribution is -2.29. The highest BCUT2D eigenvalue weighted by atomic mass is 16.2. The Morgan fingerprint density at radius 2 is 2.24 bits per heavy atom. The Morgan fingerprint density at radius 1 is 1.41 bits per heavy atom. The number of urea groups is 1. The SMILES string of the molecule is CCCNC(=O)Nc1cccc(C=CC[O])c1. The fraction of sp³-hybridized carbons (Fsp3) is 0.308. The van der Waals surface area contributed by atoms with Crippen molar-refractivity contribution in [3.05, 3.63) is 35.9 Å². The molecule has 91 valence electrons. The van der Waals surface area contributed by atoms with Gasteiger partial charge in [0.15, 0.2) is 0 Å². The van der Waals surface area contributed by atoms with Gasteiger partial charge in [-0.1, -0.05) is 31.2 Å². The zero-order chi connectivity index (χ0) is 12.5. The number of rotatable bonds is 5. The fourth-order valence-corrected chi connectivity index (χ4v) is 1.32. The molecule has 0 aliphatic heterocycles. The standard InChI is InChI=1S/C13H17N2O2/c1-2-8-14-13(17)15-12-7-3-5-11(10-12)6-4-9-16/h3-7,10H,2,8-9H2,1H3,(H2,14,15,17). The van der Waals surface area contributed by atoms with Gasteiger partial charge in [0.25, 0.3) is 0 Å². The van der Waals surface area contributed by atoms with Crippen LogP contribution >= 0.6 is 0 Å². The molecule has 17 heavy (non-hydrogen) atoms. The second kappa shape index (κ2) is 7.46. The van der Waals surface area contributed by atoms with E-state index in [1.165, 1.54) is 6.08 Å². The van der Waals surface area contributed by atoms with Crippen LogP contribution in [0.3, 0.4) is 0 Å². The highest BCUT2D eigenvalue weighted by Gasteiger charge is 1.99. The van der Waals surface area contributed by atoms with Crippen molar-refractivity contribution in [3.8, 4) is 0 Å². The van der Waals surface area contributed by atoms with E-state index in [1.807, 2.05) is 25.1 Å². The number of benzene rings is 1. The smallest absolute Gasteiger partial charge is 0.319 e. The summed E-state index contributed by atoms with van der Waals surface area (Å²) in [5.74, 6) is 0. The Balaban J connectivity index is 2.59. The number of amides is 2. The van der Waals surface area contributed by atoms with Crippen molar-refractivity contribution in [2.24, 2.45) is 0 Å². The Hall–Kier alpha value is -1.81. The molecule has 0 atom stereocenters. The molecule has 0 saturated heterocycles. The van der Waals surface area contributed by atoms with E-state index in [0.29, 0.717) is 12.2 Å². The average molecular weight is 233 g/mol. The van der Waals surface area contributed by atoms with Gasteiger partial charge in [0.05, 0.1) is 0 Å². The Kier molecular flexibility index (Phi) is 5.82. The van der Waals surface area contributed by atoms with E-state index in [0.717, 1.165) is 12.0 Å². The number of hydrogen-bond acceptors (Lipinski definition) is 1. The minimum absolute atomic E-state index is 0.211. The molecule has 0 spiro atoms. The summed E-state index contributed by atoms with van der Waals surface area (Å²) in [5, 5.41) is 15.8. The third kappa shape index (κ3) is 5.17. The minimum Gasteiger partial charge on any atom is -0.338 e. The molecule has 0 aliphatic carbocycles. The first-order chi connectivity index (χ1) is 8.26. The van der Waals surface area contributed by atoms with Crippen molar-refractivity contribution >= 4 is 17.8 Å². The van der Waals surface area contributed by atoms with Gasteiger partial charge in [0.2, 0.25) is 0 Å². The Bertz CT molecular complexity index is 389. The molecule has 0 aromatic heterocycles. The summed E-state index contributed by atoms with van der Waals surface area (Å²) in [6.45, 7) is 2.41. The number of hydrogen-bond donors (Lipinski definition) is 2. The maximum absolute atomic E-state index is 11.4. The molecular weight excluding hydrogens is 216 g/mol. The zero-order valence-electron chi connectivity index (χ0n) is 9.90. The van der Waals surface area contributed by atoms with E-state index >= 15 is 0 Å². The number of nitrogens with one attached hydrogen (secondary N) is 2. The number of carbonyl (C=O) groups excluding carboxylic acids is 1. The van der Waals surface area contributed by atoms with Gasteiger partial charge < -0.3 is 10.6 Å². The number of carbonyl (C=O) groups is 1. The van der Waals surface area contributed by atoms with Crippen LogP contribution in [0.4, 0.5) is 10.5 Å². The monoisotopic (exact) mass is 233 g/mol. The third-order valence-electron chi connectivity index (χ3n) is 2.09. The summed E-state index contributed by atoms with van der Waals surface area (Å²) in [6, 6.07) is 7.12. The summed E-state index contributed by atoms with van der Waals surface area (Å²) in [7, 11) is 0. The summed E-state index contributed by atoms with van der Waals surface area (Å²) in [5.41, 5.74) is 1.61. The van der Waals surface area contributed by atoms with Crippen LogP contribution < -0.4 is 10.6 Å². The van der Waals surface area contributed by atoms with Gasteiger partial charge >= 0.3 is 6.03 Å². The van der Waals surface area contributed by atoms with E-state index < -0.39 is 0 Å². The lowest BCUT2D eigenvalue weighted by molar-refractivity contribution is 0.233. The van der Waals surface area contributed by atoms with Gasteiger partial charge in [0, 0.05) is 12.2 Å². The van der Waals surface area contributed by atoms with Crippen molar-refractivity contribution in [2.75, 3.05) is 18.5 Å². The van der Waals surface area contributed by atoms with E-state index in [9.17, 15) is 9.90 Å². The average Bonchev–Trinajstić information content (AvgIpc) is 2.34. The van der Waals surface area contributed by atoms with Crippen LogP contribution in [0, 0.1) is 0 Å². The molecule has 0 aliphatic rings. The molecule has 1 radical (unpaired) electrons. The molecule has 1 aromatic rings. The van der Waals surface area contributed by atoms with E-state index in [-0.39, 0.29) is 12.6 Å². The molecule has 1 rings (SSSR count). The molecule has 4 nitrogen and oxygen atoms in total. The van der Waals surface area contributed by atoms with Gasteiger partial charge in [0.1, 0.15) is 6.61 Å². The van der Waals surface area contributed by atoms with Crippen LogP contribution in [0.25, 0.3) is 6.08 Å². The maximum atomic E-state index is 11.4. The summed E-state index contributed by atoms with van der Waals surface area (Å²) in [6.07, 6.45) is 4.18. The first-order valence-corrected chi connectivity index (χ1v) is 5.66. The van der Waals surface area contributed by atoms with E-state index in [2.05, 4.69) is 10.6 Å². The maximum Gasteiger partial charge on any atom is 0.319 e. The first-order valence-electron chi connectivity index (χ1n) is 5.66. The topological polar surface area (TPSA) is 61.0 Å². The van der Waals surface area contributed by atoms with Gasteiger partial charge in [-0.15, -0.1) is 0 Å². The van der Waals surface area contributed by atoms with Crippen molar-refractivity contribution in [3.63, 3.8) is 0 Å². The Labute approximate surface area is 101 Å². The quantitative estimate of drug-likeness (QED) is 0.807. The van der Waals surface area contributed by atoms with E-state index in [4.69, 9.17) is 0 Å². The minimum atomic E-state index is -0.241. The van der Waals surface area contributed by atoms with Gasteiger partial charge in [-0.2, -0.15) is 0 Å². The lowest BCUT2D eigenvalue weighted by Gasteiger charge is -2.07. The van der Waals surface area contributed by atoms with E-state index in [1.54, 1.807) is 12.1 Å². The van der Waals surface area contributed by atoms with Crippen LogP contribution in [0.2, 0.25) is 0 Å². The molecule has 1 aromatic carbocycles. The predicted octanol–water partition coefficient (Wildman–Crippen LogP) is 2.66. The highest BCUT2D eigenvalue weighted by Crippen LogP contribution is 2.11. The molecule has 2 amide bonds. The largest absolute Gasteiger partial charge is 0.338 e.